The largest absolute Gasteiger partial charge is 0.481 e. The maximum absolute atomic E-state index is 9.65. The first-order chi connectivity index (χ1) is 3.27. The Bertz CT molecular complexity index is 83.0. The van der Waals surface area contributed by atoms with Crippen LogP contribution in [0.3, 0.4) is 0 Å². The Morgan fingerprint density at radius 1 is 1.86 bits per heavy atom. The van der Waals surface area contributed by atoms with E-state index in [1.54, 1.807) is 0 Å². The van der Waals surface area contributed by atoms with Crippen molar-refractivity contribution in [3.63, 3.8) is 0 Å². The molecule has 0 amide bonds. The molecule has 7 heavy (non-hydrogen) atoms. The van der Waals surface area contributed by atoms with Gasteiger partial charge in [0.2, 0.25) is 0 Å². The van der Waals surface area contributed by atoms with Crippen molar-refractivity contribution in [2.75, 3.05) is 6.54 Å². The van der Waals surface area contributed by atoms with Crippen molar-refractivity contribution in [3.8, 4) is 0 Å². The molecule has 0 aliphatic carbocycles. The lowest BCUT2D eigenvalue weighted by Gasteiger charge is -1.80. The number of carboxylic acids is 1. The molecule has 0 atom stereocenters. The molecular weight excluding hydrogens is 114 g/mol. The van der Waals surface area contributed by atoms with E-state index in [9.17, 15) is 4.79 Å². The standard InChI is InChI=1S/C3H5NO2S/c5-3(6)1-2-4-7/h1-2H2,(H,5,6). The number of carbonyl (C=O) groups is 1. The van der Waals surface area contributed by atoms with Gasteiger partial charge in [-0.25, -0.2) is 4.36 Å². The van der Waals surface area contributed by atoms with E-state index in [4.69, 9.17) is 5.11 Å². The number of nitrogens with zero attached hydrogens (tertiary/aromatic N) is 1. The van der Waals surface area contributed by atoms with Gasteiger partial charge in [-0.15, -0.1) is 0 Å². The number of hydrogen-bond acceptors (Lipinski definition) is 3. The summed E-state index contributed by atoms with van der Waals surface area (Å²) in [6.45, 7) is 0.241. The molecule has 0 saturated carbocycles. The van der Waals surface area contributed by atoms with Crippen LogP contribution in [0.2, 0.25) is 0 Å². The van der Waals surface area contributed by atoms with Crippen LogP contribution in [0.5, 0.6) is 0 Å². The van der Waals surface area contributed by atoms with Gasteiger partial charge in [0.1, 0.15) is 0 Å². The predicted octanol–water partition coefficient (Wildman–Crippen LogP) is 0.192. The van der Waals surface area contributed by atoms with Crippen molar-refractivity contribution in [3.05, 3.63) is 0 Å². The molecule has 0 heterocycles. The Kier molecular flexibility index (Phi) is 3.40. The highest BCUT2D eigenvalue weighted by Crippen LogP contribution is 1.76. The minimum atomic E-state index is -0.853. The highest BCUT2D eigenvalue weighted by molar-refractivity contribution is 7.47. The van der Waals surface area contributed by atoms with E-state index >= 15 is 0 Å². The van der Waals surface area contributed by atoms with Gasteiger partial charge in [-0.05, 0) is 0 Å². The van der Waals surface area contributed by atoms with E-state index in [0.717, 1.165) is 0 Å². The maximum atomic E-state index is 9.65. The Morgan fingerprint density at radius 3 is 2.57 bits per heavy atom. The van der Waals surface area contributed by atoms with E-state index in [1.807, 2.05) is 0 Å². The Morgan fingerprint density at radius 2 is 2.43 bits per heavy atom. The molecule has 4 heteroatoms. The lowest BCUT2D eigenvalue weighted by Crippen LogP contribution is -1.95. The molecule has 1 N–H and O–H groups in total. The van der Waals surface area contributed by atoms with Crippen LogP contribution in [-0.2, 0) is 17.2 Å². The highest BCUT2D eigenvalue weighted by atomic mass is 32.1. The van der Waals surface area contributed by atoms with E-state index < -0.39 is 5.97 Å². The summed E-state index contributed by atoms with van der Waals surface area (Å²) in [5.74, 6) is -0.853. The molecule has 0 aliphatic heterocycles. The number of aliphatic carboxylic acids is 1. The highest BCUT2D eigenvalue weighted by Gasteiger charge is 1.90. The van der Waals surface area contributed by atoms with Crippen LogP contribution in [-0.4, -0.2) is 17.6 Å². The summed E-state index contributed by atoms with van der Waals surface area (Å²) in [5.41, 5.74) is 0. The van der Waals surface area contributed by atoms with Gasteiger partial charge in [0.15, 0.2) is 0 Å². The van der Waals surface area contributed by atoms with Gasteiger partial charge in [0.05, 0.1) is 13.0 Å². The molecule has 0 aliphatic rings. The molecule has 0 rings (SSSR count). The third kappa shape index (κ3) is 5.49. The van der Waals surface area contributed by atoms with E-state index in [1.165, 1.54) is 0 Å². The van der Waals surface area contributed by atoms with Crippen LogP contribution in [0.25, 0.3) is 0 Å². The summed E-state index contributed by atoms with van der Waals surface area (Å²) < 4.78 is 3.18. The second kappa shape index (κ2) is 3.67. The van der Waals surface area contributed by atoms with E-state index in [0.29, 0.717) is 0 Å². The first-order valence-corrected chi connectivity index (χ1v) is 2.15. The van der Waals surface area contributed by atoms with Crippen LogP contribution in [0.15, 0.2) is 4.36 Å². The smallest absolute Gasteiger partial charge is 0.305 e. The van der Waals surface area contributed by atoms with Crippen molar-refractivity contribution < 1.29 is 9.90 Å². The minimum absolute atomic E-state index is 0.0451. The van der Waals surface area contributed by atoms with Crippen molar-refractivity contribution in [2.45, 2.75) is 6.42 Å². The molecular formula is C3H5NO2S. The summed E-state index contributed by atoms with van der Waals surface area (Å²) in [6, 6.07) is 0. The zero-order valence-electron chi connectivity index (χ0n) is 3.63. The SMILES string of the molecule is O=C(O)CCN=S. The van der Waals surface area contributed by atoms with Gasteiger partial charge in [0, 0.05) is 12.4 Å². The van der Waals surface area contributed by atoms with Gasteiger partial charge in [-0.1, -0.05) is 0 Å². The molecule has 0 spiro atoms. The summed E-state index contributed by atoms with van der Waals surface area (Å²) in [6.07, 6.45) is 0.0451. The molecule has 0 aromatic rings. The summed E-state index contributed by atoms with van der Waals surface area (Å²) in [5, 5.41) is 7.94. The molecule has 3 nitrogen and oxygen atoms in total. The fourth-order valence-electron chi connectivity index (χ4n) is 0.141. The first-order valence-electron chi connectivity index (χ1n) is 1.78. The zero-order valence-corrected chi connectivity index (χ0v) is 4.44. The average molecular weight is 119 g/mol. The van der Waals surface area contributed by atoms with Crippen LogP contribution >= 0.6 is 0 Å². The number of rotatable bonds is 3. The predicted molar refractivity (Wildman–Crippen MR) is 26.9 cm³/mol. The number of hydrogen-bond donors (Lipinski definition) is 1. The lowest BCUT2D eigenvalue weighted by atomic mass is 10.5. The minimum Gasteiger partial charge on any atom is -0.481 e. The third-order valence-corrected chi connectivity index (χ3v) is 0.600. The van der Waals surface area contributed by atoms with Crippen LogP contribution in [0, 0.1) is 0 Å². The molecule has 0 unspecified atom stereocenters. The fraction of sp³-hybridized carbons (Fsp3) is 0.667. The molecule has 0 radical (unpaired) electrons. The summed E-state index contributed by atoms with van der Waals surface area (Å²) >= 11 is 4.13. The third-order valence-electron chi connectivity index (χ3n) is 0.417. The topological polar surface area (TPSA) is 49.7 Å². The monoisotopic (exact) mass is 119 g/mol. The van der Waals surface area contributed by atoms with E-state index in [-0.39, 0.29) is 13.0 Å². The molecule has 0 saturated heterocycles. The van der Waals surface area contributed by atoms with Crippen molar-refractivity contribution >= 4 is 18.4 Å². The summed E-state index contributed by atoms with van der Waals surface area (Å²) in [4.78, 5) is 9.65. The zero-order chi connectivity index (χ0) is 5.70. The second-order valence-electron chi connectivity index (χ2n) is 0.996. The molecule has 0 bridgehead atoms. The molecule has 40 valence electrons. The Hall–Kier alpha value is -0.510. The van der Waals surface area contributed by atoms with Gasteiger partial charge in [-0.3, -0.25) is 4.79 Å². The fourth-order valence-corrected chi connectivity index (χ4v) is 0.233. The molecule has 0 aromatic heterocycles. The van der Waals surface area contributed by atoms with Crippen LogP contribution in [0.1, 0.15) is 6.42 Å². The quantitative estimate of drug-likeness (QED) is 0.577. The van der Waals surface area contributed by atoms with Crippen LogP contribution in [0.4, 0.5) is 0 Å². The molecule has 0 aromatic carbocycles. The Balaban J connectivity index is 2.97. The van der Waals surface area contributed by atoms with E-state index in [2.05, 4.69) is 16.8 Å². The van der Waals surface area contributed by atoms with Gasteiger partial charge >= 0.3 is 5.97 Å². The number of carboxylic acid groups (broad SMARTS) is 1. The van der Waals surface area contributed by atoms with Gasteiger partial charge in [-0.2, -0.15) is 0 Å². The Labute approximate surface area is 46.5 Å². The van der Waals surface area contributed by atoms with Crippen molar-refractivity contribution in [1.82, 2.24) is 0 Å². The first kappa shape index (κ1) is 6.49. The lowest BCUT2D eigenvalue weighted by molar-refractivity contribution is -0.136. The van der Waals surface area contributed by atoms with Gasteiger partial charge in [0.25, 0.3) is 0 Å². The van der Waals surface area contributed by atoms with Crippen molar-refractivity contribution in [1.29, 1.82) is 0 Å². The van der Waals surface area contributed by atoms with Crippen molar-refractivity contribution in [2.24, 2.45) is 4.36 Å². The van der Waals surface area contributed by atoms with Crippen LogP contribution < -0.4 is 0 Å². The normalized spacial score (nSPS) is 8.00. The second-order valence-corrected chi connectivity index (χ2v) is 1.25. The molecule has 0 fully saturated rings. The average Bonchev–Trinajstić information content (AvgIpc) is 1.61. The maximum Gasteiger partial charge on any atom is 0.305 e. The summed E-state index contributed by atoms with van der Waals surface area (Å²) in [7, 11) is 0. The van der Waals surface area contributed by atoms with Gasteiger partial charge < -0.3 is 5.11 Å².